The molecular formula is C14H21N5O. The lowest BCUT2D eigenvalue weighted by molar-refractivity contribution is 0.262. The molecule has 2 rings (SSSR count). The van der Waals surface area contributed by atoms with E-state index in [1.807, 2.05) is 22.9 Å². The molecule has 0 saturated heterocycles. The van der Waals surface area contributed by atoms with Crippen LogP contribution in [0, 0.1) is 0 Å². The Kier molecular flexibility index (Phi) is 3.92. The highest BCUT2D eigenvalue weighted by Crippen LogP contribution is 2.31. The fourth-order valence-electron chi connectivity index (χ4n) is 2.13. The summed E-state index contributed by atoms with van der Waals surface area (Å²) in [4.78, 5) is 0. The number of anilines is 1. The van der Waals surface area contributed by atoms with E-state index in [1.165, 1.54) is 0 Å². The number of nitrogens with zero attached hydrogens (tertiary/aromatic N) is 4. The molecule has 0 aliphatic carbocycles. The van der Waals surface area contributed by atoms with Crippen molar-refractivity contribution < 1.29 is 4.74 Å². The van der Waals surface area contributed by atoms with Gasteiger partial charge in [0, 0.05) is 5.56 Å². The minimum absolute atomic E-state index is 0.104. The molecule has 108 valence electrons. The number of hydrogen-bond acceptors (Lipinski definition) is 5. The summed E-state index contributed by atoms with van der Waals surface area (Å²) >= 11 is 0. The van der Waals surface area contributed by atoms with Gasteiger partial charge in [-0.1, -0.05) is 13.8 Å². The van der Waals surface area contributed by atoms with Crippen molar-refractivity contribution in [1.29, 1.82) is 0 Å². The van der Waals surface area contributed by atoms with Crippen LogP contribution < -0.4 is 10.5 Å². The smallest absolute Gasteiger partial charge is 0.182 e. The Hall–Kier alpha value is -2.11. The Balaban J connectivity index is 2.52. The molecule has 6 heteroatoms. The summed E-state index contributed by atoms with van der Waals surface area (Å²) in [6, 6.07) is 5.58. The van der Waals surface area contributed by atoms with Gasteiger partial charge < -0.3 is 10.5 Å². The topological polar surface area (TPSA) is 78.9 Å². The zero-order valence-corrected chi connectivity index (χ0v) is 12.4. The second-order valence-corrected chi connectivity index (χ2v) is 5.08. The molecule has 0 atom stereocenters. The van der Waals surface area contributed by atoms with E-state index in [4.69, 9.17) is 10.5 Å². The highest BCUT2D eigenvalue weighted by atomic mass is 16.5. The van der Waals surface area contributed by atoms with Crippen LogP contribution in [0.15, 0.2) is 18.2 Å². The fourth-order valence-corrected chi connectivity index (χ4v) is 2.13. The highest BCUT2D eigenvalue weighted by molar-refractivity contribution is 5.65. The lowest BCUT2D eigenvalue weighted by Crippen LogP contribution is -2.30. The number of nitrogen functional groups attached to an aromatic ring is 1. The Morgan fingerprint density at radius 3 is 2.60 bits per heavy atom. The predicted octanol–water partition coefficient (Wildman–Crippen LogP) is 2.47. The van der Waals surface area contributed by atoms with Crippen molar-refractivity contribution in [2.45, 2.75) is 39.2 Å². The molecule has 0 spiro atoms. The molecule has 1 heterocycles. The highest BCUT2D eigenvalue weighted by Gasteiger charge is 2.27. The first kappa shape index (κ1) is 14.3. The first-order chi connectivity index (χ1) is 9.55. The van der Waals surface area contributed by atoms with Crippen LogP contribution in [0.1, 0.15) is 33.6 Å². The number of methoxy groups -OCH3 is 1. The molecule has 1 aromatic heterocycles. The van der Waals surface area contributed by atoms with E-state index in [-0.39, 0.29) is 5.54 Å². The van der Waals surface area contributed by atoms with E-state index in [9.17, 15) is 0 Å². The van der Waals surface area contributed by atoms with Crippen LogP contribution >= 0.6 is 0 Å². The first-order valence-electron chi connectivity index (χ1n) is 6.78. The summed E-state index contributed by atoms with van der Waals surface area (Å²) in [5, 5.41) is 12.2. The Morgan fingerprint density at radius 1 is 1.30 bits per heavy atom. The fraction of sp³-hybridized carbons (Fsp3) is 0.500. The van der Waals surface area contributed by atoms with Crippen molar-refractivity contribution in [2.24, 2.45) is 0 Å². The number of rotatable bonds is 5. The molecule has 6 nitrogen and oxygen atoms in total. The van der Waals surface area contributed by atoms with Gasteiger partial charge in [0.25, 0.3) is 0 Å². The third-order valence-electron chi connectivity index (χ3n) is 4.00. The molecule has 2 N–H and O–H groups in total. The maximum Gasteiger partial charge on any atom is 0.182 e. The van der Waals surface area contributed by atoms with Crippen molar-refractivity contribution in [1.82, 2.24) is 20.2 Å². The monoisotopic (exact) mass is 275 g/mol. The van der Waals surface area contributed by atoms with Gasteiger partial charge in [0.2, 0.25) is 0 Å². The number of hydrogen-bond donors (Lipinski definition) is 1. The number of aromatic nitrogens is 4. The van der Waals surface area contributed by atoms with Crippen molar-refractivity contribution in [3.63, 3.8) is 0 Å². The van der Waals surface area contributed by atoms with Crippen molar-refractivity contribution in [3.05, 3.63) is 18.2 Å². The van der Waals surface area contributed by atoms with Crippen LogP contribution in [-0.2, 0) is 5.54 Å². The molecule has 0 radical (unpaired) electrons. The van der Waals surface area contributed by atoms with Gasteiger partial charge in [0.1, 0.15) is 5.75 Å². The molecule has 0 bridgehead atoms. The van der Waals surface area contributed by atoms with Crippen LogP contribution in [-0.4, -0.2) is 27.3 Å². The van der Waals surface area contributed by atoms with Gasteiger partial charge in [-0.15, -0.1) is 5.10 Å². The van der Waals surface area contributed by atoms with E-state index in [0.29, 0.717) is 11.4 Å². The molecule has 0 aliphatic heterocycles. The van der Waals surface area contributed by atoms with E-state index in [2.05, 4.69) is 36.3 Å². The molecule has 1 aromatic carbocycles. The normalized spacial score (nSPS) is 11.6. The first-order valence-corrected chi connectivity index (χ1v) is 6.78. The maximum absolute atomic E-state index is 5.85. The molecule has 2 aromatic rings. The summed E-state index contributed by atoms with van der Waals surface area (Å²) in [6.45, 7) is 6.43. The van der Waals surface area contributed by atoms with Gasteiger partial charge in [-0.3, -0.25) is 0 Å². The third-order valence-corrected chi connectivity index (χ3v) is 4.00. The zero-order chi connectivity index (χ0) is 14.8. The standard InChI is InChI=1S/C14H21N5O/c1-5-14(3,6-2)19-13(16-17-18-19)10-7-8-11(15)12(9-10)20-4/h7-9H,5-6,15H2,1-4H3. The van der Waals surface area contributed by atoms with Crippen LogP contribution in [0.3, 0.4) is 0 Å². The Morgan fingerprint density at radius 2 is 2.00 bits per heavy atom. The van der Waals surface area contributed by atoms with Crippen molar-refractivity contribution in [2.75, 3.05) is 12.8 Å². The van der Waals surface area contributed by atoms with Crippen LogP contribution in [0.4, 0.5) is 5.69 Å². The predicted molar refractivity (Wildman–Crippen MR) is 78.4 cm³/mol. The van der Waals surface area contributed by atoms with E-state index < -0.39 is 0 Å². The van der Waals surface area contributed by atoms with Gasteiger partial charge in [0.15, 0.2) is 5.82 Å². The zero-order valence-electron chi connectivity index (χ0n) is 12.4. The molecule has 20 heavy (non-hydrogen) atoms. The second-order valence-electron chi connectivity index (χ2n) is 5.08. The second kappa shape index (κ2) is 5.48. The number of nitrogens with two attached hydrogens (primary N) is 1. The quantitative estimate of drug-likeness (QED) is 0.848. The molecule has 0 fully saturated rings. The van der Waals surface area contributed by atoms with Crippen LogP contribution in [0.25, 0.3) is 11.4 Å². The van der Waals surface area contributed by atoms with E-state index >= 15 is 0 Å². The minimum Gasteiger partial charge on any atom is -0.495 e. The van der Waals surface area contributed by atoms with Gasteiger partial charge in [-0.25, -0.2) is 4.68 Å². The lowest BCUT2D eigenvalue weighted by atomic mass is 9.95. The Labute approximate surface area is 118 Å². The average Bonchev–Trinajstić information content (AvgIpc) is 2.97. The van der Waals surface area contributed by atoms with Gasteiger partial charge in [0.05, 0.1) is 18.3 Å². The van der Waals surface area contributed by atoms with Crippen molar-refractivity contribution >= 4 is 5.69 Å². The number of tetrazole rings is 1. The average molecular weight is 275 g/mol. The molecule has 0 amide bonds. The van der Waals surface area contributed by atoms with Crippen LogP contribution in [0.5, 0.6) is 5.75 Å². The van der Waals surface area contributed by atoms with E-state index in [1.54, 1.807) is 7.11 Å². The number of benzene rings is 1. The van der Waals surface area contributed by atoms with Gasteiger partial charge >= 0.3 is 0 Å². The van der Waals surface area contributed by atoms with E-state index in [0.717, 1.165) is 24.2 Å². The molecule has 0 unspecified atom stereocenters. The summed E-state index contributed by atoms with van der Waals surface area (Å²) in [5.41, 5.74) is 7.24. The van der Waals surface area contributed by atoms with Crippen LogP contribution in [0.2, 0.25) is 0 Å². The van der Waals surface area contributed by atoms with Gasteiger partial charge in [-0.2, -0.15) is 0 Å². The summed E-state index contributed by atoms with van der Waals surface area (Å²) in [5.74, 6) is 1.36. The molecule has 0 saturated carbocycles. The summed E-state index contributed by atoms with van der Waals surface area (Å²) in [7, 11) is 1.60. The minimum atomic E-state index is -0.104. The summed E-state index contributed by atoms with van der Waals surface area (Å²) in [6.07, 6.45) is 1.90. The van der Waals surface area contributed by atoms with Gasteiger partial charge in [-0.05, 0) is 48.4 Å². The number of ether oxygens (including phenoxy) is 1. The lowest BCUT2D eigenvalue weighted by Gasteiger charge is -2.27. The Bertz CT molecular complexity index is 589. The third kappa shape index (κ3) is 2.33. The molecule has 0 aliphatic rings. The largest absolute Gasteiger partial charge is 0.495 e. The SMILES string of the molecule is CCC(C)(CC)n1nnnc1-c1ccc(N)c(OC)c1. The maximum atomic E-state index is 5.85. The molecular weight excluding hydrogens is 254 g/mol. The van der Waals surface area contributed by atoms with Crippen molar-refractivity contribution in [3.8, 4) is 17.1 Å². The summed E-state index contributed by atoms with van der Waals surface area (Å²) < 4.78 is 7.15.